The van der Waals surface area contributed by atoms with E-state index in [1.54, 1.807) is 7.11 Å². The predicted octanol–water partition coefficient (Wildman–Crippen LogP) is 2.63. The van der Waals surface area contributed by atoms with Gasteiger partial charge in [-0.3, -0.25) is 0 Å². The topological polar surface area (TPSA) is 31.0 Å². The van der Waals surface area contributed by atoms with Crippen molar-refractivity contribution in [1.82, 2.24) is 0 Å². The molecule has 2 rings (SSSR count). The van der Waals surface area contributed by atoms with E-state index in [0.717, 1.165) is 19.4 Å². The molecule has 3 nitrogen and oxygen atoms in total. The number of rotatable bonds is 5. The average Bonchev–Trinajstić information content (AvgIpc) is 3.09. The fraction of sp³-hybridized carbons (Fsp3) is 1.00. The second kappa shape index (κ2) is 5.25. The molecule has 2 fully saturated rings. The fourth-order valence-corrected chi connectivity index (χ4v) is 3.71. The highest BCUT2D eigenvalue weighted by Crippen LogP contribution is 2.51. The van der Waals surface area contributed by atoms with E-state index in [2.05, 4.69) is 13.8 Å². The van der Waals surface area contributed by atoms with Gasteiger partial charge in [-0.15, -0.1) is 0 Å². The highest BCUT2D eigenvalue weighted by Gasteiger charge is 2.59. The van der Waals surface area contributed by atoms with Gasteiger partial charge in [-0.1, -0.05) is 26.7 Å². The molecule has 1 aliphatic heterocycles. The van der Waals surface area contributed by atoms with Crippen molar-refractivity contribution in [2.75, 3.05) is 20.8 Å². The zero-order chi connectivity index (χ0) is 12.5. The summed E-state index contributed by atoms with van der Waals surface area (Å²) in [6.45, 7) is 5.50. The van der Waals surface area contributed by atoms with Gasteiger partial charge in [0.1, 0.15) is 0 Å². The van der Waals surface area contributed by atoms with Gasteiger partial charge in [0.15, 0.2) is 0 Å². The zero-order valence-electron chi connectivity index (χ0n) is 11.6. The minimum Gasteiger partial charge on any atom is -0.379 e. The summed E-state index contributed by atoms with van der Waals surface area (Å²) in [5.74, 6) is 1.14. The molecule has 100 valence electrons. The molecule has 0 aromatic heterocycles. The summed E-state index contributed by atoms with van der Waals surface area (Å²) in [6, 6.07) is 0. The van der Waals surface area contributed by atoms with Crippen molar-refractivity contribution in [3.8, 4) is 0 Å². The van der Waals surface area contributed by atoms with Gasteiger partial charge < -0.3 is 14.2 Å². The monoisotopic (exact) mass is 242 g/mol. The minimum absolute atomic E-state index is 0.115. The van der Waals surface area contributed by atoms with Gasteiger partial charge >= 0.3 is 0 Å². The van der Waals surface area contributed by atoms with Crippen molar-refractivity contribution in [1.29, 1.82) is 0 Å². The van der Waals surface area contributed by atoms with Crippen molar-refractivity contribution >= 4 is 0 Å². The van der Waals surface area contributed by atoms with E-state index in [9.17, 15) is 0 Å². The lowest BCUT2D eigenvalue weighted by Gasteiger charge is -2.43. The number of hydrogen-bond donors (Lipinski definition) is 0. The van der Waals surface area contributed by atoms with Gasteiger partial charge in [-0.05, 0) is 18.8 Å². The molecule has 0 bridgehead atoms. The Balaban J connectivity index is 2.14. The molecule has 0 N–H and O–H groups in total. The van der Waals surface area contributed by atoms with Crippen molar-refractivity contribution in [2.24, 2.45) is 11.8 Å². The fourth-order valence-electron chi connectivity index (χ4n) is 3.71. The minimum atomic E-state index is 0.115. The molecule has 1 aliphatic carbocycles. The molecule has 1 saturated carbocycles. The van der Waals surface area contributed by atoms with Crippen LogP contribution in [0.2, 0.25) is 0 Å². The van der Waals surface area contributed by atoms with E-state index in [-0.39, 0.29) is 17.8 Å². The second-order valence-electron chi connectivity index (χ2n) is 5.66. The van der Waals surface area contributed by atoms with Gasteiger partial charge in [0.05, 0.1) is 24.4 Å². The Kier molecular flexibility index (Phi) is 4.11. The molecule has 1 saturated heterocycles. The highest BCUT2D eigenvalue weighted by molar-refractivity contribution is 5.08. The summed E-state index contributed by atoms with van der Waals surface area (Å²) in [4.78, 5) is 0. The first-order chi connectivity index (χ1) is 8.18. The third-order valence-electron chi connectivity index (χ3n) is 4.63. The standard InChI is InChI=1S/C14H26O3/c1-5-6-10(2)12-13(16-4)11(15-3)7-8-14(12)9-17-14/h10-13H,5-9H2,1-4H3. The van der Waals surface area contributed by atoms with Crippen LogP contribution in [0.15, 0.2) is 0 Å². The molecular weight excluding hydrogens is 216 g/mol. The van der Waals surface area contributed by atoms with Crippen LogP contribution in [0.4, 0.5) is 0 Å². The summed E-state index contributed by atoms with van der Waals surface area (Å²) in [6.07, 6.45) is 5.08. The van der Waals surface area contributed by atoms with Crippen LogP contribution in [-0.4, -0.2) is 38.6 Å². The SMILES string of the molecule is CCCC(C)C1C(OC)C(OC)CCC12CO2. The predicted molar refractivity (Wildman–Crippen MR) is 67.1 cm³/mol. The molecule has 5 unspecified atom stereocenters. The van der Waals surface area contributed by atoms with Crippen LogP contribution >= 0.6 is 0 Å². The van der Waals surface area contributed by atoms with Crippen LogP contribution in [0.5, 0.6) is 0 Å². The van der Waals surface area contributed by atoms with Crippen LogP contribution in [0.1, 0.15) is 39.5 Å². The molecule has 5 atom stereocenters. The van der Waals surface area contributed by atoms with Gasteiger partial charge in [0.2, 0.25) is 0 Å². The van der Waals surface area contributed by atoms with Crippen molar-refractivity contribution in [3.63, 3.8) is 0 Å². The molecule has 1 spiro atoms. The zero-order valence-corrected chi connectivity index (χ0v) is 11.6. The molecule has 0 radical (unpaired) electrons. The van der Waals surface area contributed by atoms with E-state index in [0.29, 0.717) is 11.8 Å². The maximum Gasteiger partial charge on any atom is 0.0973 e. The molecule has 17 heavy (non-hydrogen) atoms. The summed E-state index contributed by atoms with van der Waals surface area (Å²) in [5, 5.41) is 0. The first-order valence-corrected chi connectivity index (χ1v) is 6.88. The maximum absolute atomic E-state index is 5.81. The van der Waals surface area contributed by atoms with E-state index in [4.69, 9.17) is 14.2 Å². The molecule has 0 aromatic carbocycles. The summed E-state index contributed by atoms with van der Waals surface area (Å²) < 4.78 is 17.1. The van der Waals surface area contributed by atoms with E-state index < -0.39 is 0 Å². The van der Waals surface area contributed by atoms with Crippen LogP contribution in [0.25, 0.3) is 0 Å². The Morgan fingerprint density at radius 1 is 1.35 bits per heavy atom. The van der Waals surface area contributed by atoms with Gasteiger partial charge in [0.25, 0.3) is 0 Å². The van der Waals surface area contributed by atoms with E-state index in [1.807, 2.05) is 7.11 Å². The molecule has 0 aromatic rings. The first kappa shape index (κ1) is 13.3. The Morgan fingerprint density at radius 2 is 2.06 bits per heavy atom. The van der Waals surface area contributed by atoms with E-state index in [1.165, 1.54) is 12.8 Å². The largest absolute Gasteiger partial charge is 0.379 e. The normalized spacial score (nSPS) is 42.7. The smallest absolute Gasteiger partial charge is 0.0973 e. The summed E-state index contributed by atoms with van der Waals surface area (Å²) >= 11 is 0. The first-order valence-electron chi connectivity index (χ1n) is 6.88. The Hall–Kier alpha value is -0.120. The molecule has 3 heteroatoms. The number of methoxy groups -OCH3 is 2. The van der Waals surface area contributed by atoms with Crippen molar-refractivity contribution in [3.05, 3.63) is 0 Å². The molecule has 0 amide bonds. The van der Waals surface area contributed by atoms with Crippen LogP contribution < -0.4 is 0 Å². The Morgan fingerprint density at radius 3 is 2.53 bits per heavy atom. The second-order valence-corrected chi connectivity index (χ2v) is 5.66. The van der Waals surface area contributed by atoms with Gasteiger partial charge in [0, 0.05) is 20.1 Å². The molecular formula is C14H26O3. The lowest BCUT2D eigenvalue weighted by molar-refractivity contribution is -0.124. The van der Waals surface area contributed by atoms with Crippen LogP contribution in [0, 0.1) is 11.8 Å². The number of hydrogen-bond acceptors (Lipinski definition) is 3. The maximum atomic E-state index is 5.81. The Labute approximate surface area is 105 Å². The number of ether oxygens (including phenoxy) is 3. The third kappa shape index (κ3) is 2.38. The van der Waals surface area contributed by atoms with E-state index >= 15 is 0 Å². The lowest BCUT2D eigenvalue weighted by atomic mass is 9.69. The summed E-state index contributed by atoms with van der Waals surface area (Å²) in [7, 11) is 3.60. The van der Waals surface area contributed by atoms with Gasteiger partial charge in [-0.25, -0.2) is 0 Å². The van der Waals surface area contributed by atoms with Crippen LogP contribution in [0.3, 0.4) is 0 Å². The van der Waals surface area contributed by atoms with Crippen molar-refractivity contribution in [2.45, 2.75) is 57.3 Å². The quantitative estimate of drug-likeness (QED) is 0.694. The van der Waals surface area contributed by atoms with Crippen molar-refractivity contribution < 1.29 is 14.2 Å². The van der Waals surface area contributed by atoms with Crippen LogP contribution in [-0.2, 0) is 14.2 Å². The summed E-state index contributed by atoms with van der Waals surface area (Å²) in [5.41, 5.74) is 0.115. The molecule has 2 aliphatic rings. The molecule has 1 heterocycles. The highest BCUT2D eigenvalue weighted by atomic mass is 16.6. The lowest BCUT2D eigenvalue weighted by Crippen LogP contribution is -2.51. The third-order valence-corrected chi connectivity index (χ3v) is 4.63. The average molecular weight is 242 g/mol. The Bertz CT molecular complexity index is 250. The van der Waals surface area contributed by atoms with Gasteiger partial charge in [-0.2, -0.15) is 0 Å². The number of epoxide rings is 1.